The van der Waals surface area contributed by atoms with Crippen molar-refractivity contribution in [3.8, 4) is 5.75 Å². The topological polar surface area (TPSA) is 94.3 Å². The van der Waals surface area contributed by atoms with Gasteiger partial charge in [-0.15, -0.1) is 47.9 Å². The highest BCUT2D eigenvalue weighted by Gasteiger charge is 2.40. The Kier molecular flexibility index (Phi) is 6.58. The van der Waals surface area contributed by atoms with Gasteiger partial charge in [0.15, 0.2) is 0 Å². The van der Waals surface area contributed by atoms with E-state index in [-0.39, 0.29) is 28.3 Å². The number of aliphatic hydroxyl groups is 1. The zero-order chi connectivity index (χ0) is 20.6. The van der Waals surface area contributed by atoms with E-state index in [4.69, 9.17) is 4.99 Å². The maximum absolute atomic E-state index is 11.6. The smallest absolute Gasteiger partial charge is 0.214 e. The molecule has 1 unspecified atom stereocenters. The number of aromatic hydroxyl groups is 1. The van der Waals surface area contributed by atoms with Crippen LogP contribution in [-0.2, 0) is 4.79 Å². The van der Waals surface area contributed by atoms with E-state index in [0.717, 1.165) is 27.2 Å². The van der Waals surface area contributed by atoms with E-state index in [1.807, 2.05) is 12.1 Å². The van der Waals surface area contributed by atoms with Crippen LogP contribution in [0.5, 0.6) is 5.75 Å². The van der Waals surface area contributed by atoms with Crippen LogP contribution < -0.4 is 5.32 Å². The lowest BCUT2D eigenvalue weighted by Gasteiger charge is -2.20. The SMILES string of the molecule is C[C@]1(C(=O)S)CSC(C[C@H](O)[C@@H]2CSC([C@@H]3CSC(c4ccccc4O)=N3)N2)=N1. The number of hydrogen-bond donors (Lipinski definition) is 4. The number of nitrogens with zero attached hydrogens (tertiary/aromatic N) is 2. The molecule has 0 saturated carbocycles. The maximum atomic E-state index is 11.6. The average Bonchev–Trinajstić information content (AvgIpc) is 3.41. The first-order valence-electron chi connectivity index (χ1n) is 9.35. The molecule has 0 bridgehead atoms. The molecule has 4 rings (SSSR count). The molecule has 1 aromatic carbocycles. The highest BCUT2D eigenvalue weighted by molar-refractivity contribution is 8.15. The summed E-state index contributed by atoms with van der Waals surface area (Å²) in [6, 6.07) is 7.32. The molecule has 0 radical (unpaired) electrons. The van der Waals surface area contributed by atoms with Gasteiger partial charge in [-0.1, -0.05) is 12.1 Å². The number of nitrogens with one attached hydrogen (secondary N) is 1. The third-order valence-corrected chi connectivity index (χ3v) is 9.44. The highest BCUT2D eigenvalue weighted by atomic mass is 32.2. The lowest BCUT2D eigenvalue weighted by molar-refractivity contribution is -0.114. The van der Waals surface area contributed by atoms with Gasteiger partial charge in [0.2, 0.25) is 5.12 Å². The van der Waals surface area contributed by atoms with Crippen LogP contribution in [0.2, 0.25) is 0 Å². The number of phenols is 1. The number of aliphatic hydroxyl groups excluding tert-OH is 1. The first-order valence-corrected chi connectivity index (χ1v) is 12.8. The van der Waals surface area contributed by atoms with Crippen LogP contribution >= 0.6 is 47.9 Å². The number of carbonyl (C=O) groups is 1. The van der Waals surface area contributed by atoms with E-state index in [9.17, 15) is 15.0 Å². The minimum Gasteiger partial charge on any atom is -0.507 e. The van der Waals surface area contributed by atoms with Gasteiger partial charge in [0.05, 0.1) is 22.6 Å². The van der Waals surface area contributed by atoms with E-state index < -0.39 is 11.6 Å². The van der Waals surface area contributed by atoms with Crippen molar-refractivity contribution in [1.82, 2.24) is 5.32 Å². The van der Waals surface area contributed by atoms with Gasteiger partial charge in [0.25, 0.3) is 0 Å². The van der Waals surface area contributed by atoms with E-state index >= 15 is 0 Å². The molecule has 10 heteroatoms. The number of aliphatic imine (C=N–C) groups is 2. The second kappa shape index (κ2) is 8.84. The standard InChI is InChI=1S/C19H23N3O3S4/c1-19(18(25)26)9-29-15(22-19)6-14(24)11-7-28-17(20-11)12-8-27-16(21-12)10-4-2-3-5-13(10)23/h2-5,11-12,14,17,20,23-24H,6-9H2,1H3,(H,25,26)/t11-,12-,14-,17?,19+/m0/s1. The first kappa shape index (κ1) is 21.6. The summed E-state index contributed by atoms with van der Waals surface area (Å²) in [6.07, 6.45) is -0.121. The van der Waals surface area contributed by atoms with E-state index in [1.165, 1.54) is 11.8 Å². The number of benzene rings is 1. The molecule has 156 valence electrons. The Labute approximate surface area is 188 Å². The third kappa shape index (κ3) is 4.67. The number of thioether (sulfide) groups is 3. The molecule has 3 N–H and O–H groups in total. The summed E-state index contributed by atoms with van der Waals surface area (Å²) >= 11 is 8.89. The lowest BCUT2D eigenvalue weighted by atomic mass is 10.1. The zero-order valence-electron chi connectivity index (χ0n) is 15.8. The van der Waals surface area contributed by atoms with Gasteiger partial charge >= 0.3 is 0 Å². The normalized spacial score (nSPS) is 32.9. The van der Waals surface area contributed by atoms with Crippen molar-refractivity contribution in [3.63, 3.8) is 0 Å². The summed E-state index contributed by atoms with van der Waals surface area (Å²) in [4.78, 5) is 20.9. The van der Waals surface area contributed by atoms with E-state index in [2.05, 4.69) is 22.9 Å². The molecule has 1 saturated heterocycles. The fourth-order valence-corrected chi connectivity index (χ4v) is 7.48. The predicted molar refractivity (Wildman–Crippen MR) is 127 cm³/mol. The number of carbonyl (C=O) groups excluding carboxylic acids is 1. The summed E-state index contributed by atoms with van der Waals surface area (Å²) < 4.78 is 0. The monoisotopic (exact) mass is 469 g/mol. The Bertz CT molecular complexity index is 865. The van der Waals surface area contributed by atoms with Crippen LogP contribution in [-0.4, -0.2) is 71.8 Å². The van der Waals surface area contributed by atoms with Crippen molar-refractivity contribution in [2.75, 3.05) is 17.3 Å². The zero-order valence-corrected chi connectivity index (χ0v) is 19.2. The number of para-hydroxylation sites is 1. The summed E-state index contributed by atoms with van der Waals surface area (Å²) in [5.41, 5.74) is -0.00377. The largest absolute Gasteiger partial charge is 0.507 e. The van der Waals surface area contributed by atoms with Crippen molar-refractivity contribution in [3.05, 3.63) is 29.8 Å². The summed E-state index contributed by atoms with van der Waals surface area (Å²) in [7, 11) is 0. The molecule has 3 aliphatic rings. The van der Waals surface area contributed by atoms with Crippen molar-refractivity contribution in [1.29, 1.82) is 0 Å². The van der Waals surface area contributed by atoms with Crippen molar-refractivity contribution in [2.24, 2.45) is 9.98 Å². The fraction of sp³-hybridized carbons (Fsp3) is 0.526. The second-order valence-corrected chi connectivity index (χ2v) is 11.1. The Balaban J connectivity index is 1.35. The molecular formula is C19H23N3O3S4. The van der Waals surface area contributed by atoms with Gasteiger partial charge < -0.3 is 10.2 Å². The average molecular weight is 470 g/mol. The molecule has 0 aromatic heterocycles. The van der Waals surface area contributed by atoms with Gasteiger partial charge in [0, 0.05) is 35.3 Å². The van der Waals surface area contributed by atoms with Gasteiger partial charge in [-0.3, -0.25) is 20.1 Å². The summed E-state index contributed by atoms with van der Waals surface area (Å²) in [5.74, 6) is 2.48. The number of phenolic OH excluding ortho intramolecular Hbond substituents is 1. The maximum Gasteiger partial charge on any atom is 0.214 e. The van der Waals surface area contributed by atoms with Gasteiger partial charge in [-0.25, -0.2) is 0 Å². The van der Waals surface area contributed by atoms with Crippen molar-refractivity contribution < 1.29 is 15.0 Å². The molecule has 5 atom stereocenters. The molecule has 0 amide bonds. The van der Waals surface area contributed by atoms with Crippen LogP contribution in [0.15, 0.2) is 34.3 Å². The van der Waals surface area contributed by atoms with Gasteiger partial charge in [-0.2, -0.15) is 0 Å². The molecule has 0 spiro atoms. The van der Waals surface area contributed by atoms with Crippen molar-refractivity contribution >= 4 is 63.1 Å². The molecule has 1 fully saturated rings. The van der Waals surface area contributed by atoms with E-state index in [1.54, 1.807) is 42.6 Å². The Hall–Kier alpha value is -0.650. The summed E-state index contributed by atoms with van der Waals surface area (Å²) in [5, 5.41) is 25.9. The molecular weight excluding hydrogens is 446 g/mol. The van der Waals surface area contributed by atoms with Crippen LogP contribution in [0.4, 0.5) is 0 Å². The van der Waals surface area contributed by atoms with Crippen molar-refractivity contribution in [2.45, 2.75) is 42.4 Å². The fourth-order valence-electron chi connectivity index (χ4n) is 3.40. The quantitative estimate of drug-likeness (QED) is 0.475. The lowest BCUT2D eigenvalue weighted by Crippen LogP contribution is -2.43. The highest BCUT2D eigenvalue weighted by Crippen LogP contribution is 2.36. The number of rotatable bonds is 6. The first-order chi connectivity index (χ1) is 13.9. The Morgan fingerprint density at radius 2 is 2.17 bits per heavy atom. The Morgan fingerprint density at radius 3 is 2.90 bits per heavy atom. The van der Waals surface area contributed by atoms with Crippen LogP contribution in [0.3, 0.4) is 0 Å². The van der Waals surface area contributed by atoms with Gasteiger partial charge in [0.1, 0.15) is 16.3 Å². The minimum atomic E-state index is -0.779. The predicted octanol–water partition coefficient (Wildman–Crippen LogP) is 2.40. The molecule has 3 aliphatic heterocycles. The number of thiol groups is 1. The second-order valence-electron chi connectivity index (χ2n) is 7.50. The minimum absolute atomic E-state index is 0.0405. The van der Waals surface area contributed by atoms with E-state index in [0.29, 0.717) is 12.2 Å². The van der Waals surface area contributed by atoms with Crippen LogP contribution in [0.1, 0.15) is 18.9 Å². The molecule has 3 heterocycles. The molecule has 0 aliphatic carbocycles. The van der Waals surface area contributed by atoms with Crippen LogP contribution in [0, 0.1) is 0 Å². The molecule has 1 aromatic rings. The van der Waals surface area contributed by atoms with Crippen LogP contribution in [0.25, 0.3) is 0 Å². The molecule has 29 heavy (non-hydrogen) atoms. The third-order valence-electron chi connectivity index (χ3n) is 5.19. The number of hydrogen-bond acceptors (Lipinski definition) is 9. The Morgan fingerprint density at radius 1 is 1.38 bits per heavy atom. The van der Waals surface area contributed by atoms with Gasteiger partial charge in [-0.05, 0) is 19.1 Å². The molecule has 6 nitrogen and oxygen atoms in total. The summed E-state index contributed by atoms with van der Waals surface area (Å²) in [6.45, 7) is 1.78.